The Labute approximate surface area is 122 Å². The number of fused-ring (bicyclic) bond motifs is 1. The van der Waals surface area contributed by atoms with Gasteiger partial charge in [0, 0.05) is 23.4 Å². The lowest BCUT2D eigenvalue weighted by Gasteiger charge is -2.14. The van der Waals surface area contributed by atoms with Crippen molar-refractivity contribution in [1.82, 2.24) is 14.5 Å². The van der Waals surface area contributed by atoms with E-state index in [0.717, 1.165) is 23.7 Å². The Morgan fingerprint density at radius 1 is 1.45 bits per heavy atom. The third kappa shape index (κ3) is 3.12. The van der Waals surface area contributed by atoms with E-state index in [2.05, 4.69) is 23.3 Å². The number of hydrogen-bond acceptors (Lipinski definition) is 3. The Bertz CT molecular complexity index is 672. The highest BCUT2D eigenvalue weighted by Crippen LogP contribution is 2.27. The third-order valence-corrected chi connectivity index (χ3v) is 3.87. The van der Waals surface area contributed by atoms with Gasteiger partial charge in [-0.3, -0.25) is 14.3 Å². The first kappa shape index (κ1) is 15.2. The summed E-state index contributed by atoms with van der Waals surface area (Å²) in [5.74, 6) is 0. The zero-order valence-corrected chi connectivity index (χ0v) is 13.0. The van der Waals surface area contributed by atoms with Crippen molar-refractivity contribution < 1.29 is 0 Å². The molecule has 101 valence electrons. The summed E-state index contributed by atoms with van der Waals surface area (Å²) in [4.78, 5) is 21.2. The standard InChI is InChI=1S/C13H17B2N3OP/c1-4-9-5-10-6-16-13(15-7-14)17-11(10)18(12(9)19)8-20(2)3/h5-6H,4,7-8H2,1-3H3. The summed E-state index contributed by atoms with van der Waals surface area (Å²) < 4.78 is 1.79. The number of nitrogens with zero attached hydrogens (tertiary/aromatic N) is 3. The van der Waals surface area contributed by atoms with Crippen LogP contribution >= 0.6 is 7.92 Å². The Balaban J connectivity index is 2.69. The fourth-order valence-electron chi connectivity index (χ4n) is 2.10. The zero-order valence-electron chi connectivity index (χ0n) is 12.1. The molecule has 0 aromatic carbocycles. The maximum absolute atomic E-state index is 12.5. The second-order valence-corrected chi connectivity index (χ2v) is 7.37. The van der Waals surface area contributed by atoms with Crippen molar-refractivity contribution in [1.29, 1.82) is 0 Å². The van der Waals surface area contributed by atoms with E-state index in [4.69, 9.17) is 7.85 Å². The maximum Gasteiger partial charge on any atom is 0.255 e. The van der Waals surface area contributed by atoms with E-state index < -0.39 is 0 Å². The van der Waals surface area contributed by atoms with E-state index >= 15 is 0 Å². The predicted molar refractivity (Wildman–Crippen MR) is 87.9 cm³/mol. The van der Waals surface area contributed by atoms with Crippen molar-refractivity contribution in [3.8, 4) is 0 Å². The molecule has 0 aliphatic heterocycles. The van der Waals surface area contributed by atoms with Gasteiger partial charge in [-0.1, -0.05) is 14.8 Å². The quantitative estimate of drug-likeness (QED) is 0.606. The van der Waals surface area contributed by atoms with E-state index in [1.807, 2.05) is 13.0 Å². The molecule has 20 heavy (non-hydrogen) atoms. The molecule has 0 amide bonds. The number of rotatable bonds is 5. The van der Waals surface area contributed by atoms with Crippen molar-refractivity contribution in [2.75, 3.05) is 13.3 Å². The molecule has 0 spiro atoms. The Kier molecular flexibility index (Phi) is 4.98. The van der Waals surface area contributed by atoms with E-state index in [9.17, 15) is 4.79 Å². The molecule has 0 aliphatic rings. The summed E-state index contributed by atoms with van der Waals surface area (Å²) in [7, 11) is 7.02. The highest BCUT2D eigenvalue weighted by molar-refractivity contribution is 7.54. The molecule has 2 aromatic heterocycles. The molecule has 0 bridgehead atoms. The Morgan fingerprint density at radius 2 is 2.20 bits per heavy atom. The van der Waals surface area contributed by atoms with Crippen LogP contribution in [0, 0.1) is 0 Å². The minimum atomic E-state index is -0.233. The summed E-state index contributed by atoms with van der Waals surface area (Å²) in [5, 5.41) is 0.910. The van der Waals surface area contributed by atoms with Crippen LogP contribution in [0.4, 0.5) is 0 Å². The molecular weight excluding hydrogens is 267 g/mol. The lowest BCUT2D eigenvalue weighted by Crippen LogP contribution is -2.28. The average Bonchev–Trinajstić information content (AvgIpc) is 2.42. The van der Waals surface area contributed by atoms with Crippen LogP contribution in [0.25, 0.3) is 11.0 Å². The average molecular weight is 284 g/mol. The molecule has 7 heteroatoms. The Morgan fingerprint density at radius 3 is 2.80 bits per heavy atom. The van der Waals surface area contributed by atoms with Gasteiger partial charge in [-0.05, 0) is 25.8 Å². The lowest BCUT2D eigenvalue weighted by atomic mass is 9.65. The number of pyridine rings is 1. The van der Waals surface area contributed by atoms with Gasteiger partial charge < -0.3 is 0 Å². The van der Waals surface area contributed by atoms with E-state index in [0.29, 0.717) is 17.6 Å². The largest absolute Gasteiger partial charge is 0.288 e. The molecule has 0 atom stereocenters. The van der Waals surface area contributed by atoms with Crippen LogP contribution in [0.1, 0.15) is 12.5 Å². The molecule has 2 heterocycles. The van der Waals surface area contributed by atoms with Crippen LogP contribution in [-0.4, -0.2) is 43.0 Å². The molecule has 0 N–H and O–H groups in total. The molecule has 2 rings (SSSR count). The van der Waals surface area contributed by atoms with Gasteiger partial charge in [-0.25, -0.2) is 4.98 Å². The second-order valence-electron chi connectivity index (χ2n) is 4.92. The smallest absolute Gasteiger partial charge is 0.255 e. The predicted octanol–water partition coefficient (Wildman–Crippen LogP) is 0.927. The van der Waals surface area contributed by atoms with Crippen LogP contribution in [-0.2, 0) is 12.7 Å². The first-order chi connectivity index (χ1) is 9.56. The summed E-state index contributed by atoms with van der Waals surface area (Å²) in [6, 6.07) is 1.90. The first-order valence-electron chi connectivity index (χ1n) is 6.64. The highest BCUT2D eigenvalue weighted by atomic mass is 31.1. The normalized spacial score (nSPS) is 11.2. The minimum absolute atomic E-state index is 0.0635. The number of hydrogen-bond donors (Lipinski definition) is 0. The summed E-state index contributed by atoms with van der Waals surface area (Å²) in [6.07, 6.45) is 3.60. The van der Waals surface area contributed by atoms with Crippen LogP contribution in [0.3, 0.4) is 0 Å². The van der Waals surface area contributed by atoms with E-state index in [-0.39, 0.29) is 13.5 Å². The van der Waals surface area contributed by atoms with Crippen molar-refractivity contribution in [3.05, 3.63) is 28.2 Å². The van der Waals surface area contributed by atoms with Crippen LogP contribution < -0.4 is 11.3 Å². The zero-order chi connectivity index (χ0) is 14.7. The van der Waals surface area contributed by atoms with Gasteiger partial charge in [0.25, 0.3) is 5.56 Å². The van der Waals surface area contributed by atoms with Crippen molar-refractivity contribution in [2.45, 2.75) is 25.8 Å². The molecule has 2 aromatic rings. The molecule has 0 unspecified atom stereocenters. The van der Waals surface area contributed by atoms with Gasteiger partial charge in [0.05, 0.1) is 13.6 Å². The highest BCUT2D eigenvalue weighted by Gasteiger charge is 2.11. The third-order valence-electron chi connectivity index (χ3n) is 3.03. The lowest BCUT2D eigenvalue weighted by molar-refractivity contribution is 0.836. The SMILES string of the molecule is [B]C[B]c1ncc2cc(CC)c(=O)n(CP(C)C)c2n1. The minimum Gasteiger partial charge on any atom is -0.288 e. The van der Waals surface area contributed by atoms with Crippen LogP contribution in [0.5, 0.6) is 0 Å². The van der Waals surface area contributed by atoms with Gasteiger partial charge in [-0.2, -0.15) is 0 Å². The summed E-state index contributed by atoms with van der Waals surface area (Å²) in [5.41, 5.74) is 2.16. The number of aryl methyl sites for hydroxylation is 1. The van der Waals surface area contributed by atoms with Gasteiger partial charge in [0.1, 0.15) is 5.65 Å². The van der Waals surface area contributed by atoms with Gasteiger partial charge in [0.2, 0.25) is 0 Å². The molecule has 0 fully saturated rings. The first-order valence-corrected chi connectivity index (χ1v) is 9.06. The van der Waals surface area contributed by atoms with Gasteiger partial charge in [0.15, 0.2) is 7.28 Å². The summed E-state index contributed by atoms with van der Waals surface area (Å²) in [6.45, 7) is 6.30. The molecule has 0 aliphatic carbocycles. The fourth-order valence-corrected chi connectivity index (χ4v) is 2.93. The van der Waals surface area contributed by atoms with E-state index in [1.54, 1.807) is 18.0 Å². The monoisotopic (exact) mass is 284 g/mol. The van der Waals surface area contributed by atoms with Crippen LogP contribution in [0.15, 0.2) is 17.1 Å². The maximum atomic E-state index is 12.5. The van der Waals surface area contributed by atoms with Crippen molar-refractivity contribution in [3.63, 3.8) is 0 Å². The van der Waals surface area contributed by atoms with Crippen LogP contribution in [0.2, 0.25) is 6.22 Å². The Hall–Kier alpha value is -1.15. The fraction of sp³-hybridized carbons (Fsp3) is 0.462. The number of aromatic nitrogens is 3. The van der Waals surface area contributed by atoms with Gasteiger partial charge >= 0.3 is 0 Å². The van der Waals surface area contributed by atoms with Crippen molar-refractivity contribution in [2.24, 2.45) is 0 Å². The summed E-state index contributed by atoms with van der Waals surface area (Å²) >= 11 is 0. The second kappa shape index (κ2) is 6.53. The topological polar surface area (TPSA) is 47.8 Å². The van der Waals surface area contributed by atoms with Crippen molar-refractivity contribution >= 4 is 39.8 Å². The molecule has 0 saturated carbocycles. The molecule has 0 saturated heterocycles. The molecular formula is C13H17B2N3OP. The molecule has 3 radical (unpaired) electrons. The molecule has 4 nitrogen and oxygen atoms in total. The van der Waals surface area contributed by atoms with E-state index in [1.165, 1.54) is 0 Å². The van der Waals surface area contributed by atoms with Gasteiger partial charge in [-0.15, -0.1) is 6.22 Å².